The number of carbonyl (C=O) groups is 2. The molecule has 40 heavy (non-hydrogen) atoms. The summed E-state index contributed by atoms with van der Waals surface area (Å²) in [4.78, 5) is 30.9. The van der Waals surface area contributed by atoms with E-state index in [9.17, 15) is 9.59 Å². The lowest BCUT2D eigenvalue weighted by molar-refractivity contribution is -0.141. The van der Waals surface area contributed by atoms with Crippen LogP contribution in [0, 0.1) is 11.8 Å². The smallest absolute Gasteiger partial charge is 0.344 e. The maximum absolute atomic E-state index is 13.4. The number of esters is 2. The molecule has 3 heterocycles. The van der Waals surface area contributed by atoms with Gasteiger partial charge in [-0.3, -0.25) is 4.79 Å². The summed E-state index contributed by atoms with van der Waals surface area (Å²) in [5.41, 5.74) is 2.32. The number of cyclic esters (lactones) is 1. The zero-order valence-electron chi connectivity index (χ0n) is 22.3. The molecule has 2 aromatic carbocycles. The first kappa shape index (κ1) is 25.6. The molecular weight excluding hydrogens is 522 g/mol. The number of fused-ring (bicyclic) bond motifs is 3. The Morgan fingerprint density at radius 3 is 2.25 bits per heavy atom. The van der Waals surface area contributed by atoms with Gasteiger partial charge in [0, 0.05) is 23.6 Å². The summed E-state index contributed by atoms with van der Waals surface area (Å²) in [5.74, 6) is -0.195. The zero-order chi connectivity index (χ0) is 28.0. The Morgan fingerprint density at radius 1 is 0.900 bits per heavy atom. The summed E-state index contributed by atoms with van der Waals surface area (Å²) in [5, 5.41) is 0. The van der Waals surface area contributed by atoms with E-state index in [2.05, 4.69) is 4.98 Å². The highest BCUT2D eigenvalue weighted by atomic mass is 16.7. The predicted octanol–water partition coefficient (Wildman–Crippen LogP) is 3.68. The van der Waals surface area contributed by atoms with Gasteiger partial charge in [-0.05, 0) is 47.5 Å². The first-order valence-corrected chi connectivity index (χ1v) is 12.6. The Bertz CT molecular complexity index is 1460. The lowest BCUT2D eigenvalue weighted by Gasteiger charge is -2.38. The highest BCUT2D eigenvalue weighted by Crippen LogP contribution is 2.56. The molecule has 0 radical (unpaired) electrons. The number of rotatable bonds is 7. The molecule has 1 saturated heterocycles. The molecule has 1 aromatic heterocycles. The summed E-state index contributed by atoms with van der Waals surface area (Å²) in [7, 11) is 6.01. The number of pyridine rings is 1. The first-order valence-electron chi connectivity index (χ1n) is 12.6. The molecule has 0 saturated carbocycles. The molecule has 3 aromatic rings. The monoisotopic (exact) mass is 549 g/mol. The summed E-state index contributed by atoms with van der Waals surface area (Å²) >= 11 is 0. The van der Waals surface area contributed by atoms with E-state index in [1.165, 1.54) is 34.6 Å². The van der Waals surface area contributed by atoms with E-state index < -0.39 is 35.8 Å². The SMILES string of the molecule is COc1cc([C@@H]2c3cc4c(cc3[C@H](OC(=O)c3cccnc3OC)[C@H]3COC(=O)[C@H]23)OCO4)cc(OC)c1OC. The van der Waals surface area contributed by atoms with E-state index in [1.807, 2.05) is 18.2 Å². The van der Waals surface area contributed by atoms with E-state index in [1.54, 1.807) is 18.2 Å². The highest BCUT2D eigenvalue weighted by molar-refractivity contribution is 5.92. The summed E-state index contributed by atoms with van der Waals surface area (Å²) in [6.45, 7) is 0.125. The molecule has 0 bridgehead atoms. The number of methoxy groups -OCH3 is 4. The fraction of sp³-hybridized carbons (Fsp3) is 0.345. The van der Waals surface area contributed by atoms with E-state index in [4.69, 9.17) is 37.9 Å². The van der Waals surface area contributed by atoms with Crippen molar-refractivity contribution in [2.24, 2.45) is 11.8 Å². The second-order valence-electron chi connectivity index (χ2n) is 9.48. The van der Waals surface area contributed by atoms with Crippen molar-refractivity contribution in [3.8, 4) is 34.6 Å². The summed E-state index contributed by atoms with van der Waals surface area (Å²) in [6, 6.07) is 10.5. The van der Waals surface area contributed by atoms with Gasteiger partial charge in [0.1, 0.15) is 11.7 Å². The highest BCUT2D eigenvalue weighted by Gasteiger charge is 2.54. The molecular formula is C29H27NO10. The molecule has 1 aliphatic carbocycles. The van der Waals surface area contributed by atoms with Gasteiger partial charge in [0.2, 0.25) is 18.4 Å². The van der Waals surface area contributed by atoms with Gasteiger partial charge in [-0.25, -0.2) is 9.78 Å². The van der Waals surface area contributed by atoms with Crippen molar-refractivity contribution in [1.82, 2.24) is 4.98 Å². The molecule has 6 rings (SSSR count). The topological polar surface area (TPSA) is 121 Å². The molecule has 0 N–H and O–H groups in total. The maximum Gasteiger partial charge on any atom is 0.344 e. The largest absolute Gasteiger partial charge is 0.493 e. The van der Waals surface area contributed by atoms with Crippen LogP contribution < -0.4 is 28.4 Å². The molecule has 0 amide bonds. The average molecular weight is 550 g/mol. The molecule has 11 nitrogen and oxygen atoms in total. The van der Waals surface area contributed by atoms with Crippen molar-refractivity contribution in [2.45, 2.75) is 12.0 Å². The maximum atomic E-state index is 13.4. The molecule has 0 spiro atoms. The predicted molar refractivity (Wildman–Crippen MR) is 137 cm³/mol. The van der Waals surface area contributed by atoms with E-state index in [0.717, 1.165) is 11.1 Å². The van der Waals surface area contributed by atoms with Crippen molar-refractivity contribution in [1.29, 1.82) is 0 Å². The van der Waals surface area contributed by atoms with Crippen LogP contribution in [0.25, 0.3) is 0 Å². The van der Waals surface area contributed by atoms with Gasteiger partial charge in [-0.2, -0.15) is 0 Å². The number of benzene rings is 2. The van der Waals surface area contributed by atoms with Gasteiger partial charge in [-0.15, -0.1) is 0 Å². The Labute approximate surface area is 229 Å². The molecule has 11 heteroatoms. The third kappa shape index (κ3) is 4.00. The van der Waals surface area contributed by atoms with Gasteiger partial charge in [0.15, 0.2) is 23.0 Å². The fourth-order valence-electron chi connectivity index (χ4n) is 5.83. The minimum atomic E-state index is -0.823. The molecule has 1 fully saturated rings. The number of aromatic nitrogens is 1. The second kappa shape index (κ2) is 10.1. The first-order chi connectivity index (χ1) is 19.5. The van der Waals surface area contributed by atoms with Crippen molar-refractivity contribution in [2.75, 3.05) is 41.8 Å². The lowest BCUT2D eigenvalue weighted by atomic mass is 9.66. The molecule has 0 unspecified atom stereocenters. The number of nitrogens with zero attached hydrogens (tertiary/aromatic N) is 1. The van der Waals surface area contributed by atoms with Crippen LogP contribution in [-0.4, -0.2) is 58.8 Å². The van der Waals surface area contributed by atoms with Gasteiger partial charge < -0.3 is 37.9 Å². The van der Waals surface area contributed by atoms with Crippen molar-refractivity contribution < 1.29 is 47.5 Å². The standard InChI is InChI=1S/C29H27NO10/c1-33-21-8-14(9-22(34-2)26(21)35-3)23-16-10-19-20(39-13-38-19)11-17(16)25(18-12-37-29(32)24(18)23)40-28(31)15-6-5-7-30-27(15)36-4/h5-11,18,23-25H,12-13H2,1-4H3/t18-,23+,24-,25-/m0/s1. The fourth-order valence-corrected chi connectivity index (χ4v) is 5.83. The Kier molecular flexibility index (Phi) is 6.49. The third-order valence-electron chi connectivity index (χ3n) is 7.58. The number of hydrogen-bond acceptors (Lipinski definition) is 11. The van der Waals surface area contributed by atoms with Crippen LogP contribution in [0.1, 0.15) is 39.1 Å². The zero-order valence-corrected chi connectivity index (χ0v) is 22.3. The van der Waals surface area contributed by atoms with Crippen LogP contribution in [0.4, 0.5) is 0 Å². The molecule has 3 aliphatic rings. The van der Waals surface area contributed by atoms with Crippen molar-refractivity contribution >= 4 is 11.9 Å². The van der Waals surface area contributed by atoms with Gasteiger partial charge >= 0.3 is 11.9 Å². The number of hydrogen-bond donors (Lipinski definition) is 0. The molecule has 2 aliphatic heterocycles. The van der Waals surface area contributed by atoms with Crippen molar-refractivity contribution in [3.05, 3.63) is 64.8 Å². The lowest BCUT2D eigenvalue weighted by Crippen LogP contribution is -2.36. The normalized spacial score (nSPS) is 22.1. The molecule has 208 valence electrons. The minimum Gasteiger partial charge on any atom is -0.493 e. The van der Waals surface area contributed by atoms with Gasteiger partial charge in [-0.1, -0.05) is 0 Å². The van der Waals surface area contributed by atoms with Gasteiger partial charge in [0.25, 0.3) is 0 Å². The van der Waals surface area contributed by atoms with E-state index in [-0.39, 0.29) is 24.8 Å². The number of carbonyl (C=O) groups excluding carboxylic acids is 2. The third-order valence-corrected chi connectivity index (χ3v) is 7.58. The molecule has 4 atom stereocenters. The van der Waals surface area contributed by atoms with Crippen LogP contribution in [0.2, 0.25) is 0 Å². The Balaban J connectivity index is 1.52. The Morgan fingerprint density at radius 2 is 1.60 bits per heavy atom. The van der Waals surface area contributed by atoms with Crippen LogP contribution in [-0.2, 0) is 14.3 Å². The van der Waals surface area contributed by atoms with E-state index in [0.29, 0.717) is 34.3 Å². The van der Waals surface area contributed by atoms with Crippen LogP contribution in [0.15, 0.2) is 42.6 Å². The summed E-state index contributed by atoms with van der Waals surface area (Å²) < 4.78 is 45.0. The second-order valence-corrected chi connectivity index (χ2v) is 9.48. The van der Waals surface area contributed by atoms with Crippen LogP contribution in [0.5, 0.6) is 34.6 Å². The quantitative estimate of drug-likeness (QED) is 0.401. The van der Waals surface area contributed by atoms with Crippen LogP contribution >= 0.6 is 0 Å². The van der Waals surface area contributed by atoms with Gasteiger partial charge in [0.05, 0.1) is 41.0 Å². The number of ether oxygens (including phenoxy) is 8. The Hall–Kier alpha value is -4.67. The average Bonchev–Trinajstić information content (AvgIpc) is 3.61. The minimum absolute atomic E-state index is 0.0549. The van der Waals surface area contributed by atoms with Crippen molar-refractivity contribution in [3.63, 3.8) is 0 Å². The summed E-state index contributed by atoms with van der Waals surface area (Å²) in [6.07, 6.45) is 0.699. The van der Waals surface area contributed by atoms with E-state index >= 15 is 0 Å². The van der Waals surface area contributed by atoms with Crippen LogP contribution in [0.3, 0.4) is 0 Å².